The third-order valence-electron chi connectivity index (χ3n) is 3.35. The molecule has 3 rings (SSSR count). The highest BCUT2D eigenvalue weighted by molar-refractivity contribution is 5.91. The van der Waals surface area contributed by atoms with Gasteiger partial charge in [-0.1, -0.05) is 5.21 Å². The van der Waals surface area contributed by atoms with Crippen LogP contribution >= 0.6 is 0 Å². The first-order valence-corrected chi connectivity index (χ1v) is 5.82. The fraction of sp³-hybridized carbons (Fsp3) is 0.417. The number of aromatic nitrogens is 4. The Balaban J connectivity index is 1.82. The minimum absolute atomic E-state index is 0.295. The molecule has 2 heterocycles. The second-order valence-corrected chi connectivity index (χ2v) is 4.56. The van der Waals surface area contributed by atoms with Crippen LogP contribution in [0.2, 0.25) is 0 Å². The molecule has 2 atom stereocenters. The van der Waals surface area contributed by atoms with E-state index in [-0.39, 0.29) is 5.97 Å². The molecule has 1 aliphatic rings. The molecule has 1 N–H and O–H groups in total. The number of nitrogens with one attached hydrogen (secondary N) is 1. The molecular weight excluding hydrogens is 232 g/mol. The molecule has 2 aromatic rings. The van der Waals surface area contributed by atoms with Gasteiger partial charge in [-0.15, -0.1) is 5.10 Å². The summed E-state index contributed by atoms with van der Waals surface area (Å²) in [6.45, 7) is 0. The lowest BCUT2D eigenvalue weighted by Gasteiger charge is -2.00. The fourth-order valence-corrected chi connectivity index (χ4v) is 2.35. The Hall–Kier alpha value is -2.11. The van der Waals surface area contributed by atoms with Gasteiger partial charge in [-0.3, -0.25) is 4.68 Å². The van der Waals surface area contributed by atoms with Crippen molar-refractivity contribution in [2.75, 3.05) is 7.11 Å². The zero-order chi connectivity index (χ0) is 12.7. The van der Waals surface area contributed by atoms with Crippen molar-refractivity contribution in [3.05, 3.63) is 35.4 Å². The molecule has 1 aliphatic carbocycles. The molecule has 0 radical (unpaired) electrons. The van der Waals surface area contributed by atoms with Gasteiger partial charge in [-0.2, -0.15) is 0 Å². The number of carbonyl (C=O) groups excluding carboxylic acids is 1. The molecule has 1 fully saturated rings. The molecule has 6 heteroatoms. The smallest absolute Gasteiger partial charge is 0.339 e. The zero-order valence-corrected chi connectivity index (χ0v) is 10.3. The Morgan fingerprint density at radius 1 is 1.56 bits per heavy atom. The maximum atomic E-state index is 11.6. The van der Waals surface area contributed by atoms with Crippen LogP contribution in [0.1, 0.15) is 40.0 Å². The third-order valence-corrected chi connectivity index (χ3v) is 3.35. The van der Waals surface area contributed by atoms with Crippen molar-refractivity contribution >= 4 is 5.97 Å². The second-order valence-electron chi connectivity index (χ2n) is 4.56. The summed E-state index contributed by atoms with van der Waals surface area (Å²) in [4.78, 5) is 14.7. The maximum Gasteiger partial charge on any atom is 0.339 e. The number of rotatable bonds is 3. The Morgan fingerprint density at radius 3 is 3.06 bits per heavy atom. The number of methoxy groups -OCH3 is 1. The summed E-state index contributed by atoms with van der Waals surface area (Å²) in [6, 6.07) is 1.76. The topological polar surface area (TPSA) is 72.8 Å². The van der Waals surface area contributed by atoms with Crippen LogP contribution in [0.15, 0.2) is 18.5 Å². The van der Waals surface area contributed by atoms with Gasteiger partial charge in [0, 0.05) is 37.0 Å². The van der Waals surface area contributed by atoms with Crippen molar-refractivity contribution in [2.45, 2.75) is 18.3 Å². The van der Waals surface area contributed by atoms with Gasteiger partial charge < -0.3 is 9.72 Å². The number of esters is 1. The SMILES string of the molecule is COC(=O)c1cc[nH]c1C1CC1c1cn(C)nn1. The van der Waals surface area contributed by atoms with E-state index < -0.39 is 0 Å². The molecule has 0 amide bonds. The fourth-order valence-electron chi connectivity index (χ4n) is 2.35. The van der Waals surface area contributed by atoms with Crippen molar-refractivity contribution in [3.8, 4) is 0 Å². The zero-order valence-electron chi connectivity index (χ0n) is 10.3. The minimum Gasteiger partial charge on any atom is -0.465 e. The van der Waals surface area contributed by atoms with E-state index in [1.807, 2.05) is 13.2 Å². The molecule has 0 bridgehead atoms. The number of hydrogen-bond acceptors (Lipinski definition) is 4. The molecular formula is C12H14N4O2. The summed E-state index contributed by atoms with van der Waals surface area (Å²) in [5.74, 6) is 0.364. The number of aryl methyl sites for hydroxylation is 1. The van der Waals surface area contributed by atoms with Crippen molar-refractivity contribution in [3.63, 3.8) is 0 Å². The Morgan fingerprint density at radius 2 is 2.39 bits per heavy atom. The van der Waals surface area contributed by atoms with Crippen molar-refractivity contribution < 1.29 is 9.53 Å². The Bertz CT molecular complexity index is 586. The quantitative estimate of drug-likeness (QED) is 0.826. The monoisotopic (exact) mass is 246 g/mol. The first-order chi connectivity index (χ1) is 8.70. The maximum absolute atomic E-state index is 11.6. The van der Waals surface area contributed by atoms with Gasteiger partial charge in [-0.05, 0) is 12.5 Å². The largest absolute Gasteiger partial charge is 0.465 e. The Labute approximate surface area is 104 Å². The predicted octanol–water partition coefficient (Wildman–Crippen LogP) is 1.20. The standard InChI is InChI=1S/C12H14N4O2/c1-16-6-10(14-15-16)8-5-9(8)11-7(3-4-13-11)12(17)18-2/h3-4,6,8-9,13H,5H2,1-2H3. The van der Waals surface area contributed by atoms with E-state index in [9.17, 15) is 4.79 Å². The summed E-state index contributed by atoms with van der Waals surface area (Å²) in [7, 11) is 3.24. The highest BCUT2D eigenvalue weighted by Crippen LogP contribution is 2.54. The number of aromatic amines is 1. The lowest BCUT2D eigenvalue weighted by Crippen LogP contribution is -2.03. The highest BCUT2D eigenvalue weighted by Gasteiger charge is 2.44. The number of ether oxygens (including phenoxy) is 1. The summed E-state index contributed by atoms with van der Waals surface area (Å²) in [6.07, 6.45) is 4.68. The van der Waals surface area contributed by atoms with E-state index in [0.29, 0.717) is 17.4 Å². The van der Waals surface area contributed by atoms with Gasteiger partial charge in [0.2, 0.25) is 0 Å². The molecule has 0 aliphatic heterocycles. The molecule has 18 heavy (non-hydrogen) atoms. The van der Waals surface area contributed by atoms with Crippen LogP contribution < -0.4 is 0 Å². The summed E-state index contributed by atoms with van der Waals surface area (Å²) >= 11 is 0. The number of hydrogen-bond donors (Lipinski definition) is 1. The van der Waals surface area contributed by atoms with Crippen molar-refractivity contribution in [1.82, 2.24) is 20.0 Å². The van der Waals surface area contributed by atoms with E-state index in [4.69, 9.17) is 4.74 Å². The lowest BCUT2D eigenvalue weighted by molar-refractivity contribution is 0.0599. The lowest BCUT2D eigenvalue weighted by atomic mass is 10.1. The first-order valence-electron chi connectivity index (χ1n) is 5.82. The van der Waals surface area contributed by atoms with Crippen molar-refractivity contribution in [1.29, 1.82) is 0 Å². The van der Waals surface area contributed by atoms with Gasteiger partial charge in [0.25, 0.3) is 0 Å². The summed E-state index contributed by atoms with van der Waals surface area (Å²) in [5, 5.41) is 8.05. The van der Waals surface area contributed by atoms with Gasteiger partial charge in [0.15, 0.2) is 0 Å². The Kier molecular flexibility index (Phi) is 2.43. The van der Waals surface area contributed by atoms with E-state index in [1.54, 1.807) is 16.9 Å². The third kappa shape index (κ3) is 1.70. The second kappa shape index (κ2) is 3.97. The van der Waals surface area contributed by atoms with E-state index in [1.165, 1.54) is 7.11 Å². The molecule has 0 spiro atoms. The normalized spacial score (nSPS) is 21.9. The van der Waals surface area contributed by atoms with E-state index in [2.05, 4.69) is 15.3 Å². The molecule has 1 saturated carbocycles. The minimum atomic E-state index is -0.295. The van der Waals surface area contributed by atoms with Gasteiger partial charge in [-0.25, -0.2) is 4.79 Å². The molecule has 2 aromatic heterocycles. The van der Waals surface area contributed by atoms with Crippen LogP contribution in [-0.2, 0) is 11.8 Å². The average molecular weight is 246 g/mol. The number of nitrogens with zero attached hydrogens (tertiary/aromatic N) is 3. The molecule has 2 unspecified atom stereocenters. The molecule has 6 nitrogen and oxygen atoms in total. The van der Waals surface area contributed by atoms with Gasteiger partial charge in [0.05, 0.1) is 18.4 Å². The summed E-state index contributed by atoms with van der Waals surface area (Å²) in [5.41, 5.74) is 2.54. The van der Waals surface area contributed by atoms with Gasteiger partial charge >= 0.3 is 5.97 Å². The molecule has 0 aromatic carbocycles. The highest BCUT2D eigenvalue weighted by atomic mass is 16.5. The van der Waals surface area contributed by atoms with Crippen LogP contribution in [0.25, 0.3) is 0 Å². The van der Waals surface area contributed by atoms with Crippen molar-refractivity contribution in [2.24, 2.45) is 7.05 Å². The van der Waals surface area contributed by atoms with Gasteiger partial charge in [0.1, 0.15) is 0 Å². The molecule has 94 valence electrons. The molecule has 0 saturated heterocycles. The van der Waals surface area contributed by atoms with Crippen LogP contribution in [-0.4, -0.2) is 33.1 Å². The van der Waals surface area contributed by atoms with Crippen LogP contribution in [0.4, 0.5) is 0 Å². The van der Waals surface area contributed by atoms with Crippen LogP contribution in [0.5, 0.6) is 0 Å². The van der Waals surface area contributed by atoms with Crippen LogP contribution in [0, 0.1) is 0 Å². The van der Waals surface area contributed by atoms with E-state index >= 15 is 0 Å². The number of carbonyl (C=O) groups is 1. The number of H-pyrrole nitrogens is 1. The summed E-state index contributed by atoms with van der Waals surface area (Å²) < 4.78 is 6.46. The van der Waals surface area contributed by atoms with Crippen LogP contribution in [0.3, 0.4) is 0 Å². The van der Waals surface area contributed by atoms with E-state index in [0.717, 1.165) is 17.8 Å². The average Bonchev–Trinajstić information content (AvgIpc) is 2.82. The predicted molar refractivity (Wildman–Crippen MR) is 63.2 cm³/mol. The first kappa shape index (κ1) is 11.0.